The van der Waals surface area contributed by atoms with Gasteiger partial charge in [-0.15, -0.1) is 0 Å². The summed E-state index contributed by atoms with van der Waals surface area (Å²) in [5, 5.41) is 6.41. The Morgan fingerprint density at radius 2 is 1.52 bits per heavy atom. The van der Waals surface area contributed by atoms with E-state index in [4.69, 9.17) is 4.74 Å². The van der Waals surface area contributed by atoms with Gasteiger partial charge in [-0.3, -0.25) is 9.10 Å². The number of carbonyl (C=O) groups excluding carboxylic acids is 1. The van der Waals surface area contributed by atoms with E-state index in [9.17, 15) is 13.2 Å². The van der Waals surface area contributed by atoms with Gasteiger partial charge in [0.25, 0.3) is 15.9 Å². The standard InChI is InChI=1S/C34H31N3O4S/c1-2-28-10-8-9-15-33(28)37(42(39,40)32-13-4-3-5-14-32)24-34(38)36-35-23-26-17-20-31(21-18-26)41-25-27-16-19-29-11-6-7-12-30(29)22-27/h3-23H,2,24-25H2,1H3,(H,36,38)/b35-23+. The van der Waals surface area contributed by atoms with Crippen molar-refractivity contribution in [1.29, 1.82) is 0 Å². The number of para-hydroxylation sites is 1. The summed E-state index contributed by atoms with van der Waals surface area (Å²) in [6.45, 7) is 1.96. The number of sulfonamides is 1. The molecular weight excluding hydrogens is 546 g/mol. The van der Waals surface area contributed by atoms with Crippen LogP contribution in [0.2, 0.25) is 0 Å². The summed E-state index contributed by atoms with van der Waals surface area (Å²) in [6, 6.07) is 37.0. The van der Waals surface area contributed by atoms with Gasteiger partial charge < -0.3 is 4.74 Å². The van der Waals surface area contributed by atoms with Crippen LogP contribution in [0.4, 0.5) is 5.69 Å². The summed E-state index contributed by atoms with van der Waals surface area (Å²) in [5.41, 5.74) is 5.56. The normalized spacial score (nSPS) is 11.5. The van der Waals surface area contributed by atoms with Crippen molar-refractivity contribution in [1.82, 2.24) is 5.43 Å². The molecule has 0 saturated carbocycles. The van der Waals surface area contributed by atoms with Crippen LogP contribution < -0.4 is 14.5 Å². The molecule has 5 rings (SSSR count). The first-order chi connectivity index (χ1) is 20.4. The molecule has 0 unspecified atom stereocenters. The monoisotopic (exact) mass is 577 g/mol. The van der Waals surface area contributed by atoms with Gasteiger partial charge in [0.2, 0.25) is 0 Å². The van der Waals surface area contributed by atoms with Crippen LogP contribution in [0.25, 0.3) is 10.8 Å². The average Bonchev–Trinajstić information content (AvgIpc) is 3.03. The number of amides is 1. The fourth-order valence-corrected chi connectivity index (χ4v) is 6.04. The molecule has 0 aliphatic heterocycles. The summed E-state index contributed by atoms with van der Waals surface area (Å²) < 4.78 is 34.2. The molecule has 1 N–H and O–H groups in total. The molecule has 0 atom stereocenters. The molecule has 42 heavy (non-hydrogen) atoms. The molecule has 0 fully saturated rings. The molecule has 8 heteroatoms. The highest BCUT2D eigenvalue weighted by Crippen LogP contribution is 2.27. The predicted molar refractivity (Wildman–Crippen MR) is 167 cm³/mol. The number of nitrogens with one attached hydrogen (secondary N) is 1. The summed E-state index contributed by atoms with van der Waals surface area (Å²) >= 11 is 0. The van der Waals surface area contributed by atoms with Gasteiger partial charge in [-0.2, -0.15) is 5.10 Å². The zero-order valence-corrected chi connectivity index (χ0v) is 24.0. The Morgan fingerprint density at radius 1 is 0.833 bits per heavy atom. The van der Waals surface area contributed by atoms with E-state index in [-0.39, 0.29) is 4.90 Å². The highest BCUT2D eigenvalue weighted by Gasteiger charge is 2.28. The predicted octanol–water partition coefficient (Wildman–Crippen LogP) is 6.33. The minimum absolute atomic E-state index is 0.107. The lowest BCUT2D eigenvalue weighted by Gasteiger charge is -2.25. The van der Waals surface area contributed by atoms with Crippen LogP contribution in [-0.4, -0.2) is 27.1 Å². The van der Waals surface area contributed by atoms with Crippen LogP contribution in [0.5, 0.6) is 5.75 Å². The van der Waals surface area contributed by atoms with Crippen LogP contribution >= 0.6 is 0 Å². The Bertz CT molecular complexity index is 1800. The molecular formula is C34H31N3O4S. The van der Waals surface area contributed by atoms with Gasteiger partial charge in [-0.1, -0.05) is 79.7 Å². The lowest BCUT2D eigenvalue weighted by molar-refractivity contribution is -0.119. The largest absolute Gasteiger partial charge is 0.489 e. The zero-order valence-electron chi connectivity index (χ0n) is 23.2. The second-order valence-corrected chi connectivity index (χ2v) is 11.5. The topological polar surface area (TPSA) is 88.1 Å². The SMILES string of the molecule is CCc1ccccc1N(CC(=O)N/N=C/c1ccc(OCc2ccc3ccccc3c2)cc1)S(=O)(=O)c1ccccc1. The van der Waals surface area contributed by atoms with Crippen molar-refractivity contribution in [3.63, 3.8) is 0 Å². The van der Waals surface area contributed by atoms with Crippen LogP contribution in [0.15, 0.2) is 131 Å². The van der Waals surface area contributed by atoms with Gasteiger partial charge in [0.1, 0.15) is 18.9 Å². The molecule has 0 spiro atoms. The van der Waals surface area contributed by atoms with Gasteiger partial charge in [0.15, 0.2) is 0 Å². The maximum atomic E-state index is 13.6. The number of rotatable bonds is 11. The van der Waals surface area contributed by atoms with Crippen molar-refractivity contribution in [3.8, 4) is 5.75 Å². The van der Waals surface area contributed by atoms with Crippen molar-refractivity contribution < 1.29 is 17.9 Å². The quantitative estimate of drug-likeness (QED) is 0.147. The lowest BCUT2D eigenvalue weighted by atomic mass is 10.1. The minimum Gasteiger partial charge on any atom is -0.489 e. The maximum Gasteiger partial charge on any atom is 0.264 e. The molecule has 7 nitrogen and oxygen atoms in total. The fraction of sp³-hybridized carbons (Fsp3) is 0.118. The Hall–Kier alpha value is -4.95. The molecule has 0 aliphatic carbocycles. The molecule has 0 heterocycles. The molecule has 5 aromatic rings. The number of aryl methyl sites for hydroxylation is 1. The molecule has 5 aromatic carbocycles. The molecule has 0 bridgehead atoms. The van der Waals surface area contributed by atoms with E-state index in [1.54, 1.807) is 30.3 Å². The second kappa shape index (κ2) is 13.1. The molecule has 212 valence electrons. The van der Waals surface area contributed by atoms with E-state index in [1.807, 2.05) is 55.5 Å². The Labute approximate surface area is 246 Å². The molecule has 1 amide bonds. The van der Waals surface area contributed by atoms with E-state index in [0.29, 0.717) is 24.5 Å². The van der Waals surface area contributed by atoms with Crippen molar-refractivity contribution in [2.45, 2.75) is 24.8 Å². The number of hydrazone groups is 1. The fourth-order valence-electron chi connectivity index (χ4n) is 4.56. The number of anilines is 1. The van der Waals surface area contributed by atoms with Gasteiger partial charge in [-0.05, 0) is 82.4 Å². The van der Waals surface area contributed by atoms with Crippen LogP contribution in [0.1, 0.15) is 23.6 Å². The van der Waals surface area contributed by atoms with E-state index in [1.165, 1.54) is 29.1 Å². The van der Waals surface area contributed by atoms with Crippen LogP contribution in [-0.2, 0) is 27.8 Å². The third kappa shape index (κ3) is 6.85. The molecule has 0 aliphatic rings. The van der Waals surface area contributed by atoms with Crippen LogP contribution in [0.3, 0.4) is 0 Å². The molecule has 0 radical (unpaired) electrons. The number of carbonyl (C=O) groups is 1. The lowest BCUT2D eigenvalue weighted by Crippen LogP contribution is -2.40. The number of fused-ring (bicyclic) bond motifs is 1. The van der Waals surface area contributed by atoms with Crippen molar-refractivity contribution in [2.24, 2.45) is 5.10 Å². The molecule has 0 aromatic heterocycles. The highest BCUT2D eigenvalue weighted by atomic mass is 32.2. The maximum absolute atomic E-state index is 13.6. The third-order valence-corrected chi connectivity index (χ3v) is 8.54. The van der Waals surface area contributed by atoms with Crippen molar-refractivity contribution >= 4 is 38.6 Å². The Morgan fingerprint density at radius 3 is 2.29 bits per heavy atom. The zero-order chi connectivity index (χ0) is 29.4. The van der Waals surface area contributed by atoms with E-state index in [2.05, 4.69) is 40.9 Å². The van der Waals surface area contributed by atoms with Crippen LogP contribution in [0, 0.1) is 0 Å². The summed E-state index contributed by atoms with van der Waals surface area (Å²) in [7, 11) is -3.99. The first kappa shape index (κ1) is 28.6. The molecule has 0 saturated heterocycles. The van der Waals surface area contributed by atoms with E-state index in [0.717, 1.165) is 21.0 Å². The number of ether oxygens (including phenoxy) is 1. The first-order valence-electron chi connectivity index (χ1n) is 13.6. The van der Waals surface area contributed by atoms with Gasteiger partial charge in [0.05, 0.1) is 16.8 Å². The minimum atomic E-state index is -3.99. The van der Waals surface area contributed by atoms with Gasteiger partial charge in [0, 0.05) is 0 Å². The summed E-state index contributed by atoms with van der Waals surface area (Å²) in [5.74, 6) is 0.146. The van der Waals surface area contributed by atoms with Gasteiger partial charge >= 0.3 is 0 Å². The second-order valence-electron chi connectivity index (χ2n) is 9.64. The van der Waals surface area contributed by atoms with Crippen molar-refractivity contribution in [2.75, 3.05) is 10.8 Å². The first-order valence-corrected chi connectivity index (χ1v) is 15.1. The highest BCUT2D eigenvalue weighted by molar-refractivity contribution is 7.92. The number of hydrogen-bond acceptors (Lipinski definition) is 5. The Kier molecular flexibility index (Phi) is 8.94. The smallest absolute Gasteiger partial charge is 0.264 e. The van der Waals surface area contributed by atoms with Crippen molar-refractivity contribution in [3.05, 3.63) is 138 Å². The Balaban J connectivity index is 1.22. The number of hydrogen-bond donors (Lipinski definition) is 1. The summed E-state index contributed by atoms with van der Waals surface area (Å²) in [6.07, 6.45) is 2.11. The van der Waals surface area contributed by atoms with Gasteiger partial charge in [-0.25, -0.2) is 13.8 Å². The van der Waals surface area contributed by atoms with E-state index < -0.39 is 22.5 Å². The average molecular weight is 578 g/mol. The summed E-state index contributed by atoms with van der Waals surface area (Å²) in [4.78, 5) is 13.0. The van der Waals surface area contributed by atoms with E-state index >= 15 is 0 Å². The third-order valence-electron chi connectivity index (χ3n) is 6.76. The number of benzene rings is 5. The number of nitrogens with zero attached hydrogens (tertiary/aromatic N) is 2.